The van der Waals surface area contributed by atoms with Gasteiger partial charge < -0.3 is 0 Å². The summed E-state index contributed by atoms with van der Waals surface area (Å²) in [7, 11) is -3.31. The Morgan fingerprint density at radius 2 is 1.91 bits per heavy atom. The maximum Gasteiger partial charge on any atom is 0.241 e. The molecule has 0 bridgehead atoms. The quantitative estimate of drug-likeness (QED) is 0.746. The normalized spacial score (nSPS) is 15.3. The molecular formula is C16H15N3O2S. The van der Waals surface area contributed by atoms with Gasteiger partial charge in [0.1, 0.15) is 0 Å². The van der Waals surface area contributed by atoms with Gasteiger partial charge in [-0.05, 0) is 43.5 Å². The lowest BCUT2D eigenvalue weighted by Gasteiger charge is -2.10. The fourth-order valence-electron chi connectivity index (χ4n) is 2.78. The van der Waals surface area contributed by atoms with Crippen molar-refractivity contribution in [1.82, 2.24) is 13.9 Å². The van der Waals surface area contributed by atoms with Crippen molar-refractivity contribution in [3.63, 3.8) is 0 Å². The fourth-order valence-corrected chi connectivity index (χ4v) is 4.55. The first kappa shape index (κ1) is 13.5. The topological polar surface area (TPSA) is 64.8 Å². The molecule has 3 aromatic heterocycles. The van der Waals surface area contributed by atoms with Crippen LogP contribution in [0.25, 0.3) is 22.0 Å². The van der Waals surface area contributed by atoms with E-state index in [0.717, 1.165) is 35.0 Å². The van der Waals surface area contributed by atoms with Crippen molar-refractivity contribution >= 4 is 20.9 Å². The van der Waals surface area contributed by atoms with Gasteiger partial charge in [-0.1, -0.05) is 0 Å². The average molecular weight is 313 g/mol. The Bertz CT molecular complexity index is 958. The first-order valence-electron chi connectivity index (χ1n) is 7.20. The first-order valence-corrected chi connectivity index (χ1v) is 8.71. The van der Waals surface area contributed by atoms with Crippen LogP contribution in [0.5, 0.6) is 0 Å². The standard InChI is InChI=1S/C16H15N3O2S/c1-11-16-14(6-9-19(16)22(20,21)13-2-3-13)15(10-18-11)12-4-7-17-8-5-12/h4-10,13H,2-3H2,1H3. The SMILES string of the molecule is Cc1ncc(-c2ccncc2)c2ccn(S(=O)(=O)C3CC3)c12. The minimum absolute atomic E-state index is 0.243. The molecule has 0 N–H and O–H groups in total. The van der Waals surface area contributed by atoms with Crippen LogP contribution in [0.1, 0.15) is 18.5 Å². The second-order valence-corrected chi connectivity index (χ2v) is 7.70. The van der Waals surface area contributed by atoms with Gasteiger partial charge >= 0.3 is 0 Å². The van der Waals surface area contributed by atoms with E-state index in [1.807, 2.05) is 25.1 Å². The molecule has 3 heterocycles. The summed E-state index contributed by atoms with van der Waals surface area (Å²) in [6.45, 7) is 1.84. The van der Waals surface area contributed by atoms with Crippen LogP contribution in [0.3, 0.4) is 0 Å². The molecule has 0 spiro atoms. The maximum absolute atomic E-state index is 12.6. The Kier molecular flexibility index (Phi) is 2.84. The third-order valence-electron chi connectivity index (χ3n) is 4.08. The van der Waals surface area contributed by atoms with Crippen LogP contribution in [0.4, 0.5) is 0 Å². The van der Waals surface area contributed by atoms with Crippen molar-refractivity contribution in [2.24, 2.45) is 0 Å². The molecule has 0 aliphatic heterocycles. The number of pyridine rings is 2. The predicted molar refractivity (Wildman–Crippen MR) is 85.0 cm³/mol. The molecule has 22 heavy (non-hydrogen) atoms. The summed E-state index contributed by atoms with van der Waals surface area (Å²) < 4.78 is 26.6. The van der Waals surface area contributed by atoms with E-state index in [9.17, 15) is 8.42 Å². The molecule has 0 aromatic carbocycles. The molecular weight excluding hydrogens is 298 g/mol. The monoisotopic (exact) mass is 313 g/mol. The molecule has 112 valence electrons. The van der Waals surface area contributed by atoms with Gasteiger partial charge in [0, 0.05) is 35.7 Å². The molecule has 0 unspecified atom stereocenters. The van der Waals surface area contributed by atoms with E-state index in [-0.39, 0.29) is 5.25 Å². The molecule has 4 rings (SSSR count). The van der Waals surface area contributed by atoms with Crippen LogP contribution in [-0.4, -0.2) is 27.6 Å². The van der Waals surface area contributed by atoms with Crippen LogP contribution >= 0.6 is 0 Å². The lowest BCUT2D eigenvalue weighted by molar-refractivity contribution is 0.587. The lowest BCUT2D eigenvalue weighted by atomic mass is 10.1. The van der Waals surface area contributed by atoms with Gasteiger partial charge in [0.2, 0.25) is 10.0 Å². The predicted octanol–water partition coefficient (Wildman–Crippen LogP) is 2.75. The molecule has 0 atom stereocenters. The highest BCUT2D eigenvalue weighted by molar-refractivity contribution is 7.91. The Morgan fingerprint density at radius 1 is 1.18 bits per heavy atom. The largest absolute Gasteiger partial charge is 0.265 e. The molecule has 6 heteroatoms. The van der Waals surface area contributed by atoms with Gasteiger partial charge in [0.15, 0.2) is 0 Å². The summed E-state index contributed by atoms with van der Waals surface area (Å²) in [5.74, 6) is 0. The minimum Gasteiger partial charge on any atom is -0.265 e. The molecule has 0 amide bonds. The van der Waals surface area contributed by atoms with Crippen molar-refractivity contribution in [3.05, 3.63) is 48.7 Å². The molecule has 1 fully saturated rings. The summed E-state index contributed by atoms with van der Waals surface area (Å²) >= 11 is 0. The van der Waals surface area contributed by atoms with Gasteiger partial charge in [-0.3, -0.25) is 9.97 Å². The van der Waals surface area contributed by atoms with E-state index in [1.165, 1.54) is 3.97 Å². The van der Waals surface area contributed by atoms with E-state index in [0.29, 0.717) is 5.52 Å². The third-order valence-corrected chi connectivity index (χ3v) is 6.25. The highest BCUT2D eigenvalue weighted by Crippen LogP contribution is 2.35. The smallest absolute Gasteiger partial charge is 0.241 e. The highest BCUT2D eigenvalue weighted by atomic mass is 32.2. The fraction of sp³-hybridized carbons (Fsp3) is 0.250. The minimum atomic E-state index is -3.31. The van der Waals surface area contributed by atoms with E-state index >= 15 is 0 Å². The van der Waals surface area contributed by atoms with Crippen molar-refractivity contribution in [3.8, 4) is 11.1 Å². The first-order chi connectivity index (χ1) is 10.6. The summed E-state index contributed by atoms with van der Waals surface area (Å²) in [6.07, 6.45) is 8.38. The second kappa shape index (κ2) is 4.64. The van der Waals surface area contributed by atoms with E-state index in [4.69, 9.17) is 0 Å². The molecule has 5 nitrogen and oxygen atoms in total. The summed E-state index contributed by atoms with van der Waals surface area (Å²) in [5.41, 5.74) is 3.31. The molecule has 0 radical (unpaired) electrons. The number of aryl methyl sites for hydroxylation is 1. The molecule has 0 saturated heterocycles. The van der Waals surface area contributed by atoms with Gasteiger partial charge in [-0.2, -0.15) is 0 Å². The molecule has 1 aliphatic carbocycles. The zero-order valence-electron chi connectivity index (χ0n) is 12.1. The number of nitrogens with zero attached hydrogens (tertiary/aromatic N) is 3. The lowest BCUT2D eigenvalue weighted by Crippen LogP contribution is -2.16. The average Bonchev–Trinajstić information content (AvgIpc) is 3.28. The Hall–Kier alpha value is -2.21. The molecule has 1 saturated carbocycles. The zero-order valence-corrected chi connectivity index (χ0v) is 12.9. The van der Waals surface area contributed by atoms with Gasteiger partial charge in [-0.15, -0.1) is 0 Å². The van der Waals surface area contributed by atoms with Crippen LogP contribution in [0.15, 0.2) is 43.0 Å². The Morgan fingerprint density at radius 3 is 2.59 bits per heavy atom. The maximum atomic E-state index is 12.6. The van der Waals surface area contributed by atoms with Crippen molar-refractivity contribution in [2.75, 3.05) is 0 Å². The van der Waals surface area contributed by atoms with Crippen LogP contribution in [0.2, 0.25) is 0 Å². The van der Waals surface area contributed by atoms with Crippen LogP contribution < -0.4 is 0 Å². The number of aromatic nitrogens is 3. The van der Waals surface area contributed by atoms with Crippen molar-refractivity contribution < 1.29 is 8.42 Å². The summed E-state index contributed by atoms with van der Waals surface area (Å²) in [4.78, 5) is 8.43. The van der Waals surface area contributed by atoms with E-state index in [1.54, 1.807) is 24.8 Å². The molecule has 3 aromatic rings. The van der Waals surface area contributed by atoms with Crippen molar-refractivity contribution in [1.29, 1.82) is 0 Å². The number of hydrogen-bond donors (Lipinski definition) is 0. The summed E-state index contributed by atoms with van der Waals surface area (Å²) in [6, 6.07) is 5.66. The van der Waals surface area contributed by atoms with Crippen molar-refractivity contribution in [2.45, 2.75) is 25.0 Å². The van der Waals surface area contributed by atoms with Crippen LogP contribution in [0, 0.1) is 6.92 Å². The van der Waals surface area contributed by atoms with E-state index in [2.05, 4.69) is 9.97 Å². The van der Waals surface area contributed by atoms with Crippen LogP contribution in [-0.2, 0) is 10.0 Å². The zero-order chi connectivity index (χ0) is 15.3. The number of fused-ring (bicyclic) bond motifs is 1. The third kappa shape index (κ3) is 1.94. The Balaban J connectivity index is 2.01. The Labute approximate surface area is 128 Å². The second-order valence-electron chi connectivity index (χ2n) is 5.61. The number of hydrogen-bond acceptors (Lipinski definition) is 4. The highest BCUT2D eigenvalue weighted by Gasteiger charge is 2.37. The van der Waals surface area contributed by atoms with E-state index < -0.39 is 10.0 Å². The van der Waals surface area contributed by atoms with Gasteiger partial charge in [0.05, 0.1) is 16.5 Å². The summed E-state index contributed by atoms with van der Waals surface area (Å²) in [5, 5.41) is 0.662. The van der Waals surface area contributed by atoms with Gasteiger partial charge in [0.25, 0.3) is 0 Å². The molecule has 1 aliphatic rings. The number of rotatable bonds is 3. The van der Waals surface area contributed by atoms with Gasteiger partial charge in [-0.25, -0.2) is 12.4 Å².